The lowest BCUT2D eigenvalue weighted by molar-refractivity contribution is 0.0726. The monoisotopic (exact) mass is 455 g/mol. The Balaban J connectivity index is 1.41. The third kappa shape index (κ3) is 4.14. The molecule has 0 radical (unpaired) electrons. The fourth-order valence-electron chi connectivity index (χ4n) is 4.00. The fourth-order valence-corrected chi connectivity index (χ4v) is 4.37. The van der Waals surface area contributed by atoms with E-state index in [0.717, 1.165) is 35.5 Å². The van der Waals surface area contributed by atoms with Crippen LogP contribution in [0.3, 0.4) is 0 Å². The Morgan fingerprint density at radius 3 is 2.52 bits per heavy atom. The minimum Gasteiger partial charge on any atom is -0.364 e. The van der Waals surface area contributed by atoms with E-state index >= 15 is 0 Å². The molecule has 1 saturated heterocycles. The fraction of sp³-hybridized carbons (Fsp3) is 0.348. The predicted octanol–water partition coefficient (Wildman–Crippen LogP) is 4.86. The van der Waals surface area contributed by atoms with Crippen LogP contribution in [-0.4, -0.2) is 52.5 Å². The molecule has 160 valence electrons. The minimum absolute atomic E-state index is 0.0749. The molecule has 1 aliphatic carbocycles. The third-order valence-electron chi connectivity index (χ3n) is 5.82. The smallest absolute Gasteiger partial charge is 0.255 e. The molecular weight excluding hydrogens is 433 g/mol. The molecule has 6 nitrogen and oxygen atoms in total. The van der Waals surface area contributed by atoms with E-state index in [2.05, 4.69) is 17.1 Å². The zero-order valence-corrected chi connectivity index (χ0v) is 18.7. The molecule has 2 heterocycles. The maximum absolute atomic E-state index is 13.1. The minimum atomic E-state index is -0.0973. The average Bonchev–Trinajstić information content (AvgIpc) is 3.58. The summed E-state index contributed by atoms with van der Waals surface area (Å²) < 4.78 is 0. The SMILES string of the molecule is CC1CN(C(=O)c2cc(Cl)ccc2Cl)CCN1c1nc2ccccc2nc1NC1CC1. The van der Waals surface area contributed by atoms with Crippen molar-refractivity contribution >= 4 is 51.8 Å². The van der Waals surface area contributed by atoms with Crippen molar-refractivity contribution in [1.29, 1.82) is 0 Å². The Hall–Kier alpha value is -2.57. The number of nitrogens with zero attached hydrogens (tertiary/aromatic N) is 4. The topological polar surface area (TPSA) is 61.4 Å². The van der Waals surface area contributed by atoms with E-state index in [1.807, 2.05) is 29.2 Å². The highest BCUT2D eigenvalue weighted by atomic mass is 35.5. The van der Waals surface area contributed by atoms with Crippen molar-refractivity contribution in [3.8, 4) is 0 Å². The highest BCUT2D eigenvalue weighted by Crippen LogP contribution is 2.33. The number of amides is 1. The van der Waals surface area contributed by atoms with E-state index in [4.69, 9.17) is 33.2 Å². The van der Waals surface area contributed by atoms with Crippen LogP contribution in [0.1, 0.15) is 30.1 Å². The Kier molecular flexibility index (Phi) is 5.36. The van der Waals surface area contributed by atoms with Crippen molar-refractivity contribution < 1.29 is 4.79 Å². The summed E-state index contributed by atoms with van der Waals surface area (Å²) in [5.41, 5.74) is 2.19. The van der Waals surface area contributed by atoms with E-state index in [-0.39, 0.29) is 11.9 Å². The lowest BCUT2D eigenvalue weighted by atomic mass is 10.1. The van der Waals surface area contributed by atoms with Gasteiger partial charge in [-0.1, -0.05) is 35.3 Å². The van der Waals surface area contributed by atoms with Gasteiger partial charge < -0.3 is 15.1 Å². The van der Waals surface area contributed by atoms with E-state index in [0.29, 0.717) is 41.3 Å². The molecule has 1 amide bonds. The van der Waals surface area contributed by atoms with Crippen LogP contribution in [0.5, 0.6) is 0 Å². The average molecular weight is 456 g/mol. The Bertz CT molecular complexity index is 1150. The van der Waals surface area contributed by atoms with E-state index in [9.17, 15) is 4.79 Å². The second-order valence-electron chi connectivity index (χ2n) is 8.22. The first-order valence-electron chi connectivity index (χ1n) is 10.5. The lowest BCUT2D eigenvalue weighted by Crippen LogP contribution is -2.54. The van der Waals surface area contributed by atoms with Gasteiger partial charge >= 0.3 is 0 Å². The highest BCUT2D eigenvalue weighted by Gasteiger charge is 2.32. The zero-order chi connectivity index (χ0) is 21.5. The van der Waals surface area contributed by atoms with Crippen LogP contribution in [0.25, 0.3) is 11.0 Å². The van der Waals surface area contributed by atoms with Gasteiger partial charge in [0.05, 0.1) is 21.6 Å². The standard InChI is InChI=1S/C23H23Cl2N5O/c1-14-13-29(23(31)17-12-15(24)6-9-18(17)25)10-11-30(14)22-21(26-16-7-8-16)27-19-4-2-3-5-20(19)28-22/h2-6,9,12,14,16H,7-8,10-11,13H2,1H3,(H,26,27). The van der Waals surface area contributed by atoms with Crippen molar-refractivity contribution in [2.75, 3.05) is 29.9 Å². The van der Waals surface area contributed by atoms with Crippen LogP contribution in [0.4, 0.5) is 11.6 Å². The molecule has 1 atom stereocenters. The first kappa shape index (κ1) is 20.3. The maximum Gasteiger partial charge on any atom is 0.255 e. The van der Waals surface area contributed by atoms with Gasteiger partial charge in [0.1, 0.15) is 0 Å². The molecule has 1 unspecified atom stereocenters. The van der Waals surface area contributed by atoms with Gasteiger partial charge in [-0.05, 0) is 50.1 Å². The zero-order valence-electron chi connectivity index (χ0n) is 17.2. The summed E-state index contributed by atoms with van der Waals surface area (Å²) in [6.07, 6.45) is 2.32. The summed E-state index contributed by atoms with van der Waals surface area (Å²) in [5, 5.41) is 4.46. The number of piperazine rings is 1. The number of hydrogen-bond acceptors (Lipinski definition) is 5. The molecule has 31 heavy (non-hydrogen) atoms. The molecule has 1 aliphatic heterocycles. The van der Waals surface area contributed by atoms with Crippen molar-refractivity contribution in [2.45, 2.75) is 31.8 Å². The molecule has 2 aliphatic rings. The second-order valence-corrected chi connectivity index (χ2v) is 9.06. The summed E-state index contributed by atoms with van der Waals surface area (Å²) in [5.74, 6) is 1.58. The quantitative estimate of drug-likeness (QED) is 0.608. The molecule has 3 aromatic rings. The molecule has 2 fully saturated rings. The second kappa shape index (κ2) is 8.17. The number of anilines is 2. The van der Waals surface area contributed by atoms with Crippen molar-refractivity contribution in [2.24, 2.45) is 0 Å². The molecule has 8 heteroatoms. The van der Waals surface area contributed by atoms with Gasteiger partial charge in [0.2, 0.25) is 0 Å². The van der Waals surface area contributed by atoms with Gasteiger partial charge in [-0.2, -0.15) is 0 Å². The number of benzene rings is 2. The maximum atomic E-state index is 13.1. The van der Waals surface area contributed by atoms with Gasteiger partial charge in [-0.15, -0.1) is 0 Å². The van der Waals surface area contributed by atoms with Gasteiger partial charge in [0.25, 0.3) is 5.91 Å². The number of hydrogen-bond donors (Lipinski definition) is 1. The molecule has 1 N–H and O–H groups in total. The number of nitrogens with one attached hydrogen (secondary N) is 1. The van der Waals surface area contributed by atoms with Crippen molar-refractivity contribution in [1.82, 2.24) is 14.9 Å². The summed E-state index contributed by atoms with van der Waals surface area (Å²) in [6.45, 7) is 3.91. The number of halogens is 2. The van der Waals surface area contributed by atoms with E-state index in [1.54, 1.807) is 18.2 Å². The van der Waals surface area contributed by atoms with Gasteiger partial charge in [-0.25, -0.2) is 9.97 Å². The summed E-state index contributed by atoms with van der Waals surface area (Å²) >= 11 is 12.3. The highest BCUT2D eigenvalue weighted by molar-refractivity contribution is 6.35. The molecule has 2 aromatic carbocycles. The van der Waals surface area contributed by atoms with Gasteiger partial charge in [0.15, 0.2) is 11.6 Å². The molecule has 1 saturated carbocycles. The normalized spacial score (nSPS) is 19.0. The molecule has 0 bridgehead atoms. The summed E-state index contributed by atoms with van der Waals surface area (Å²) in [6, 6.07) is 13.5. The first-order valence-corrected chi connectivity index (χ1v) is 11.3. The largest absolute Gasteiger partial charge is 0.364 e. The molecule has 5 rings (SSSR count). The summed E-state index contributed by atoms with van der Waals surface area (Å²) in [7, 11) is 0. The van der Waals surface area contributed by atoms with Gasteiger partial charge in [-0.3, -0.25) is 4.79 Å². The predicted molar refractivity (Wildman–Crippen MR) is 125 cm³/mol. The van der Waals surface area contributed by atoms with E-state index in [1.165, 1.54) is 0 Å². The van der Waals surface area contributed by atoms with Gasteiger partial charge in [0, 0.05) is 36.7 Å². The lowest BCUT2D eigenvalue weighted by Gasteiger charge is -2.41. The number of rotatable bonds is 4. The van der Waals surface area contributed by atoms with Crippen LogP contribution in [-0.2, 0) is 0 Å². The summed E-state index contributed by atoms with van der Waals surface area (Å²) in [4.78, 5) is 27.0. The number of aromatic nitrogens is 2. The van der Waals surface area contributed by atoms with Crippen LogP contribution in [0, 0.1) is 0 Å². The third-order valence-corrected chi connectivity index (χ3v) is 6.38. The number of fused-ring (bicyclic) bond motifs is 1. The van der Waals surface area contributed by atoms with E-state index < -0.39 is 0 Å². The Morgan fingerprint density at radius 1 is 1.06 bits per heavy atom. The number of carbonyl (C=O) groups excluding carboxylic acids is 1. The Morgan fingerprint density at radius 2 is 1.81 bits per heavy atom. The van der Waals surface area contributed by atoms with Crippen LogP contribution >= 0.6 is 23.2 Å². The molecule has 0 spiro atoms. The number of para-hydroxylation sites is 2. The molecular formula is C23H23Cl2N5O. The van der Waals surface area contributed by atoms with Crippen LogP contribution in [0.15, 0.2) is 42.5 Å². The number of carbonyl (C=O) groups is 1. The molecule has 1 aromatic heterocycles. The Labute approximate surface area is 191 Å². The van der Waals surface area contributed by atoms with Crippen LogP contribution < -0.4 is 10.2 Å². The first-order chi connectivity index (χ1) is 15.0. The van der Waals surface area contributed by atoms with Crippen molar-refractivity contribution in [3.63, 3.8) is 0 Å². The van der Waals surface area contributed by atoms with Crippen molar-refractivity contribution in [3.05, 3.63) is 58.1 Å². The van der Waals surface area contributed by atoms with Crippen LogP contribution in [0.2, 0.25) is 10.0 Å².